The van der Waals surface area contributed by atoms with Gasteiger partial charge in [-0.15, -0.1) is 0 Å². The molecule has 1 aromatic rings. The van der Waals surface area contributed by atoms with Gasteiger partial charge in [0, 0.05) is 0 Å². The van der Waals surface area contributed by atoms with Gasteiger partial charge in [-0.05, 0) is 5.56 Å². The lowest BCUT2D eigenvalue weighted by molar-refractivity contribution is 0.169. The Morgan fingerprint density at radius 3 is 2.71 bits per heavy atom. The minimum atomic E-state index is 0.332. The molecule has 0 bridgehead atoms. The van der Waals surface area contributed by atoms with Crippen molar-refractivity contribution >= 4 is 16.9 Å². The molecule has 0 amide bonds. The molecule has 76 valence electrons. The highest BCUT2D eigenvalue weighted by Crippen LogP contribution is 2.04. The standard InChI is InChI=1S/C9H13N3OS/c10-9(12-11)14-7-13-6-8-4-2-1-3-5-8/h1-5H,6-7,11H2,(H2,10,12). The molecular formula is C9H13N3OS. The second-order valence-electron chi connectivity index (χ2n) is 2.56. The zero-order valence-electron chi connectivity index (χ0n) is 7.72. The fraction of sp³-hybridized carbons (Fsp3) is 0.222. The van der Waals surface area contributed by atoms with Gasteiger partial charge in [-0.1, -0.05) is 42.1 Å². The summed E-state index contributed by atoms with van der Waals surface area (Å²) >= 11 is 1.28. The summed E-state index contributed by atoms with van der Waals surface area (Å²) in [5.41, 5.74) is 6.50. The molecule has 0 atom stereocenters. The number of rotatable bonds is 4. The predicted molar refractivity (Wildman–Crippen MR) is 59.5 cm³/mol. The summed E-state index contributed by atoms with van der Waals surface area (Å²) in [4.78, 5) is 0. The summed E-state index contributed by atoms with van der Waals surface area (Å²) in [7, 11) is 0. The smallest absolute Gasteiger partial charge is 0.179 e. The Kier molecular flexibility index (Phi) is 4.88. The van der Waals surface area contributed by atoms with Crippen molar-refractivity contribution in [3.8, 4) is 0 Å². The number of ether oxygens (including phenoxy) is 1. The van der Waals surface area contributed by atoms with Crippen LogP contribution in [0, 0.1) is 0 Å². The molecule has 0 aromatic heterocycles. The van der Waals surface area contributed by atoms with Gasteiger partial charge in [-0.3, -0.25) is 0 Å². The van der Waals surface area contributed by atoms with Crippen LogP contribution in [-0.4, -0.2) is 11.1 Å². The third-order valence-electron chi connectivity index (χ3n) is 1.53. The van der Waals surface area contributed by atoms with Crippen molar-refractivity contribution in [1.82, 2.24) is 0 Å². The van der Waals surface area contributed by atoms with Crippen LogP contribution in [0.3, 0.4) is 0 Å². The van der Waals surface area contributed by atoms with E-state index in [4.69, 9.17) is 16.3 Å². The summed E-state index contributed by atoms with van der Waals surface area (Å²) in [6.45, 7) is 0.575. The van der Waals surface area contributed by atoms with Crippen molar-refractivity contribution in [2.24, 2.45) is 16.7 Å². The molecule has 0 heterocycles. The Bertz CT molecular complexity index is 289. The molecular weight excluding hydrogens is 198 g/mol. The number of amidine groups is 1. The Morgan fingerprint density at radius 1 is 1.36 bits per heavy atom. The predicted octanol–water partition coefficient (Wildman–Crippen LogP) is 1.08. The minimum absolute atomic E-state index is 0.332. The number of hydrazone groups is 1. The first-order valence-corrected chi connectivity index (χ1v) is 5.09. The highest BCUT2D eigenvalue weighted by Gasteiger charge is 1.94. The molecule has 4 N–H and O–H groups in total. The Morgan fingerprint density at radius 2 is 2.07 bits per heavy atom. The quantitative estimate of drug-likeness (QED) is 0.195. The van der Waals surface area contributed by atoms with E-state index in [9.17, 15) is 0 Å². The van der Waals surface area contributed by atoms with Gasteiger partial charge < -0.3 is 16.3 Å². The van der Waals surface area contributed by atoms with E-state index in [1.807, 2.05) is 30.3 Å². The van der Waals surface area contributed by atoms with E-state index in [-0.39, 0.29) is 0 Å². The van der Waals surface area contributed by atoms with Crippen LogP contribution in [-0.2, 0) is 11.3 Å². The molecule has 0 saturated carbocycles. The van der Waals surface area contributed by atoms with Gasteiger partial charge in [0.25, 0.3) is 0 Å². The van der Waals surface area contributed by atoms with Crippen LogP contribution in [0.2, 0.25) is 0 Å². The molecule has 0 unspecified atom stereocenters. The van der Waals surface area contributed by atoms with Crippen molar-refractivity contribution in [3.05, 3.63) is 35.9 Å². The second kappa shape index (κ2) is 6.28. The molecule has 14 heavy (non-hydrogen) atoms. The monoisotopic (exact) mass is 211 g/mol. The van der Waals surface area contributed by atoms with E-state index in [1.54, 1.807) is 0 Å². The zero-order valence-corrected chi connectivity index (χ0v) is 8.54. The largest absolute Gasteiger partial charge is 0.377 e. The molecule has 4 nitrogen and oxygen atoms in total. The van der Waals surface area contributed by atoms with Gasteiger partial charge in [-0.2, -0.15) is 5.10 Å². The Labute approximate surface area is 87.3 Å². The maximum Gasteiger partial charge on any atom is 0.179 e. The van der Waals surface area contributed by atoms with Crippen LogP contribution in [0.25, 0.3) is 0 Å². The van der Waals surface area contributed by atoms with Crippen molar-refractivity contribution in [2.75, 3.05) is 5.94 Å². The van der Waals surface area contributed by atoms with E-state index in [2.05, 4.69) is 5.10 Å². The van der Waals surface area contributed by atoms with Gasteiger partial charge in [-0.25, -0.2) is 0 Å². The van der Waals surface area contributed by atoms with Crippen LogP contribution < -0.4 is 11.6 Å². The molecule has 0 aliphatic rings. The summed E-state index contributed by atoms with van der Waals surface area (Å²) in [5, 5.41) is 3.64. The highest BCUT2D eigenvalue weighted by molar-refractivity contribution is 8.13. The number of nitrogens with two attached hydrogens (primary N) is 2. The van der Waals surface area contributed by atoms with E-state index in [0.29, 0.717) is 17.7 Å². The van der Waals surface area contributed by atoms with Crippen molar-refractivity contribution in [1.29, 1.82) is 0 Å². The fourth-order valence-corrected chi connectivity index (χ4v) is 1.24. The van der Waals surface area contributed by atoms with Gasteiger partial charge in [0.2, 0.25) is 0 Å². The number of hydrogen-bond donors (Lipinski definition) is 2. The van der Waals surface area contributed by atoms with Crippen LogP contribution >= 0.6 is 11.8 Å². The highest BCUT2D eigenvalue weighted by atomic mass is 32.2. The first-order valence-electron chi connectivity index (χ1n) is 4.10. The number of benzene rings is 1. The third kappa shape index (κ3) is 4.15. The van der Waals surface area contributed by atoms with Gasteiger partial charge >= 0.3 is 0 Å². The van der Waals surface area contributed by atoms with Gasteiger partial charge in [0.15, 0.2) is 5.17 Å². The molecule has 0 saturated heterocycles. The molecule has 1 aromatic carbocycles. The fourth-order valence-electron chi connectivity index (χ4n) is 0.873. The molecule has 0 radical (unpaired) electrons. The number of hydrogen-bond acceptors (Lipinski definition) is 4. The van der Waals surface area contributed by atoms with Gasteiger partial charge in [0.05, 0.1) is 6.61 Å². The molecule has 0 fully saturated rings. The first kappa shape index (κ1) is 10.9. The minimum Gasteiger partial charge on any atom is -0.377 e. The topological polar surface area (TPSA) is 73.6 Å². The Hall–Kier alpha value is -1.20. The summed E-state index contributed by atoms with van der Waals surface area (Å²) < 4.78 is 5.34. The van der Waals surface area contributed by atoms with E-state index in [0.717, 1.165) is 5.56 Å². The van der Waals surface area contributed by atoms with Crippen molar-refractivity contribution < 1.29 is 4.74 Å². The van der Waals surface area contributed by atoms with Crippen LogP contribution in [0.1, 0.15) is 5.56 Å². The van der Waals surface area contributed by atoms with Crippen molar-refractivity contribution in [3.63, 3.8) is 0 Å². The number of nitrogens with zero attached hydrogens (tertiary/aromatic N) is 1. The summed E-state index contributed by atoms with van der Waals surface area (Å²) in [6, 6.07) is 9.93. The molecule has 1 rings (SSSR count). The maximum absolute atomic E-state index is 5.36. The Balaban J connectivity index is 2.17. The third-order valence-corrected chi connectivity index (χ3v) is 2.21. The van der Waals surface area contributed by atoms with E-state index in [1.165, 1.54) is 11.8 Å². The molecule has 0 aliphatic carbocycles. The summed E-state index contributed by atoms with van der Waals surface area (Å²) in [6.07, 6.45) is 0. The maximum atomic E-state index is 5.36. The second-order valence-corrected chi connectivity index (χ2v) is 3.51. The zero-order chi connectivity index (χ0) is 10.2. The lowest BCUT2D eigenvalue weighted by Gasteiger charge is -2.02. The lowest BCUT2D eigenvalue weighted by atomic mass is 10.2. The lowest BCUT2D eigenvalue weighted by Crippen LogP contribution is -2.10. The average Bonchev–Trinajstić information content (AvgIpc) is 2.25. The molecule has 5 heteroatoms. The molecule has 0 spiro atoms. The number of thioether (sulfide) groups is 1. The van der Waals surface area contributed by atoms with Crippen LogP contribution in [0.5, 0.6) is 0 Å². The summed E-state index contributed by atoms with van der Waals surface area (Å²) in [5.74, 6) is 5.41. The van der Waals surface area contributed by atoms with Gasteiger partial charge in [0.1, 0.15) is 5.94 Å². The van der Waals surface area contributed by atoms with Crippen LogP contribution in [0.4, 0.5) is 0 Å². The van der Waals surface area contributed by atoms with E-state index >= 15 is 0 Å². The van der Waals surface area contributed by atoms with E-state index < -0.39 is 0 Å². The van der Waals surface area contributed by atoms with Crippen molar-refractivity contribution in [2.45, 2.75) is 6.61 Å². The first-order chi connectivity index (χ1) is 6.83. The molecule has 0 aliphatic heterocycles. The van der Waals surface area contributed by atoms with Crippen LogP contribution in [0.15, 0.2) is 35.4 Å². The normalized spacial score (nSPS) is 11.6. The average molecular weight is 211 g/mol. The SMILES string of the molecule is N/N=C(/N)SCOCc1ccccc1.